The van der Waals surface area contributed by atoms with Crippen LogP contribution in [0.1, 0.15) is 11.1 Å². The second-order valence-electron chi connectivity index (χ2n) is 6.27. The van der Waals surface area contributed by atoms with Crippen LogP contribution in [-0.4, -0.2) is 35.8 Å². The van der Waals surface area contributed by atoms with Crippen LogP contribution in [0, 0.1) is 5.82 Å². The fourth-order valence-corrected chi connectivity index (χ4v) is 3.00. The number of rotatable bonds is 6. The summed E-state index contributed by atoms with van der Waals surface area (Å²) in [6.45, 7) is 0.139. The third-order valence-electron chi connectivity index (χ3n) is 4.32. The topological polar surface area (TPSA) is 143 Å². The van der Waals surface area contributed by atoms with Crippen LogP contribution in [0.5, 0.6) is 0 Å². The summed E-state index contributed by atoms with van der Waals surface area (Å²) in [5.41, 5.74) is 10.3. The lowest BCUT2D eigenvalue weighted by molar-refractivity contribution is -0.136. The number of fused-ring (bicyclic) bond motifs is 1. The van der Waals surface area contributed by atoms with Crippen molar-refractivity contribution in [2.75, 3.05) is 0 Å². The van der Waals surface area contributed by atoms with Crippen LogP contribution in [0.25, 0.3) is 33.0 Å². The van der Waals surface area contributed by atoms with Gasteiger partial charge in [0.25, 0.3) is 0 Å². The van der Waals surface area contributed by atoms with Crippen LogP contribution in [0.2, 0.25) is 0 Å². The maximum absolute atomic E-state index is 14.1. The third kappa shape index (κ3) is 3.64. The van der Waals surface area contributed by atoms with Crippen molar-refractivity contribution in [1.82, 2.24) is 24.7 Å². The molecule has 1 N–H and O–H groups in total. The first-order valence-corrected chi connectivity index (χ1v) is 8.75. The monoisotopic (exact) mass is 404 g/mol. The number of hydrogen-bond donors (Lipinski definition) is 1. The van der Waals surface area contributed by atoms with Gasteiger partial charge in [0.15, 0.2) is 11.5 Å². The van der Waals surface area contributed by atoms with E-state index < -0.39 is 12.4 Å². The molecule has 0 atom stereocenters. The lowest BCUT2D eigenvalue weighted by atomic mass is 10.2. The number of nitrogens with zero attached hydrogens (tertiary/aromatic N) is 8. The van der Waals surface area contributed by atoms with E-state index in [2.05, 4.69) is 30.1 Å². The van der Waals surface area contributed by atoms with E-state index in [1.54, 1.807) is 36.5 Å². The highest BCUT2D eigenvalue weighted by Crippen LogP contribution is 2.27. The lowest BCUT2D eigenvalue weighted by Crippen LogP contribution is -2.05. The standard InChI is InChI=1S/C19H13FN8O2/c20-14-6-2-1-4-11(14)10-28-19-13(5-3-7-22-19)16(26-28)18-23-9-12(8-15(29)30)17(24-18)25-27-21/h1-7,9H,8,10H2,(H,29,30). The van der Waals surface area contributed by atoms with Crippen LogP contribution >= 0.6 is 0 Å². The number of pyridine rings is 1. The minimum absolute atomic E-state index is 0.0920. The Hall–Kier alpha value is -4.37. The average Bonchev–Trinajstić information content (AvgIpc) is 3.09. The quantitative estimate of drug-likeness (QED) is 0.295. The molecule has 0 bridgehead atoms. The second kappa shape index (κ2) is 7.94. The molecule has 0 aliphatic rings. The predicted molar refractivity (Wildman–Crippen MR) is 104 cm³/mol. The van der Waals surface area contributed by atoms with Crippen molar-refractivity contribution >= 4 is 22.8 Å². The first-order chi connectivity index (χ1) is 14.6. The van der Waals surface area contributed by atoms with Gasteiger partial charge in [-0.1, -0.05) is 18.2 Å². The van der Waals surface area contributed by atoms with E-state index in [9.17, 15) is 9.18 Å². The molecule has 0 unspecified atom stereocenters. The molecule has 0 radical (unpaired) electrons. The Balaban J connectivity index is 1.84. The molecule has 4 rings (SSSR count). The molecular weight excluding hydrogens is 391 g/mol. The van der Waals surface area contributed by atoms with E-state index in [0.29, 0.717) is 22.3 Å². The van der Waals surface area contributed by atoms with E-state index in [1.807, 2.05) is 0 Å². The molecule has 1 aromatic carbocycles. The fourth-order valence-electron chi connectivity index (χ4n) is 3.00. The summed E-state index contributed by atoms with van der Waals surface area (Å²) in [5, 5.41) is 17.6. The molecule has 0 saturated heterocycles. The Bertz CT molecular complexity index is 1310. The summed E-state index contributed by atoms with van der Waals surface area (Å²) in [5.74, 6) is -1.43. The van der Waals surface area contributed by atoms with E-state index >= 15 is 0 Å². The number of carbonyl (C=O) groups is 1. The highest BCUT2D eigenvalue weighted by molar-refractivity contribution is 5.89. The molecule has 148 valence electrons. The zero-order valence-electron chi connectivity index (χ0n) is 15.3. The molecule has 0 aliphatic heterocycles. The molecule has 0 aliphatic carbocycles. The molecule has 0 fully saturated rings. The summed E-state index contributed by atoms with van der Waals surface area (Å²) in [7, 11) is 0. The normalized spacial score (nSPS) is 10.7. The summed E-state index contributed by atoms with van der Waals surface area (Å²) < 4.78 is 15.6. The molecule has 0 saturated carbocycles. The number of halogens is 1. The Labute approximate surface area is 168 Å². The number of aliphatic carboxylic acids is 1. The molecule has 0 amide bonds. The van der Waals surface area contributed by atoms with Crippen molar-refractivity contribution in [2.45, 2.75) is 13.0 Å². The van der Waals surface area contributed by atoms with Crippen LogP contribution in [0.15, 0.2) is 53.9 Å². The van der Waals surface area contributed by atoms with Gasteiger partial charge in [-0.25, -0.2) is 24.0 Å². The first kappa shape index (κ1) is 19.0. The minimum Gasteiger partial charge on any atom is -0.481 e. The number of carboxylic acid groups (broad SMARTS) is 1. The van der Waals surface area contributed by atoms with Gasteiger partial charge >= 0.3 is 5.97 Å². The molecule has 11 heteroatoms. The van der Waals surface area contributed by atoms with Crippen molar-refractivity contribution in [3.63, 3.8) is 0 Å². The van der Waals surface area contributed by atoms with Crippen molar-refractivity contribution in [3.8, 4) is 11.5 Å². The average molecular weight is 404 g/mol. The van der Waals surface area contributed by atoms with Crippen LogP contribution in [0.3, 0.4) is 0 Å². The third-order valence-corrected chi connectivity index (χ3v) is 4.32. The molecular formula is C19H13FN8O2. The number of azide groups is 1. The van der Waals surface area contributed by atoms with Gasteiger partial charge in [0, 0.05) is 28.4 Å². The number of benzene rings is 1. The molecule has 4 aromatic rings. The predicted octanol–water partition coefficient (Wildman–Crippen LogP) is 3.64. The van der Waals surface area contributed by atoms with Gasteiger partial charge in [-0.15, -0.1) is 0 Å². The van der Waals surface area contributed by atoms with E-state index in [4.69, 9.17) is 10.6 Å². The maximum Gasteiger partial charge on any atom is 0.307 e. The van der Waals surface area contributed by atoms with Crippen molar-refractivity contribution in [1.29, 1.82) is 0 Å². The first-order valence-electron chi connectivity index (χ1n) is 8.75. The number of hydrogen-bond acceptors (Lipinski definition) is 6. The van der Waals surface area contributed by atoms with Gasteiger partial charge in [-0.2, -0.15) is 5.10 Å². The fraction of sp³-hybridized carbons (Fsp3) is 0.105. The summed E-state index contributed by atoms with van der Waals surface area (Å²) in [6, 6.07) is 9.84. The summed E-state index contributed by atoms with van der Waals surface area (Å²) in [4.78, 5) is 26.4. The minimum atomic E-state index is -1.11. The van der Waals surface area contributed by atoms with Crippen LogP contribution < -0.4 is 0 Å². The molecule has 3 aromatic heterocycles. The summed E-state index contributed by atoms with van der Waals surface area (Å²) in [6.07, 6.45) is 2.49. The summed E-state index contributed by atoms with van der Waals surface area (Å²) >= 11 is 0. The number of aromatic nitrogens is 5. The Morgan fingerprint density at radius 2 is 2.03 bits per heavy atom. The highest BCUT2D eigenvalue weighted by atomic mass is 19.1. The second-order valence-corrected chi connectivity index (χ2v) is 6.27. The highest BCUT2D eigenvalue weighted by Gasteiger charge is 2.18. The van der Waals surface area contributed by atoms with E-state index in [1.165, 1.54) is 16.9 Å². The maximum atomic E-state index is 14.1. The van der Waals surface area contributed by atoms with Crippen LogP contribution in [0.4, 0.5) is 10.2 Å². The van der Waals surface area contributed by atoms with Gasteiger partial charge in [0.05, 0.1) is 18.4 Å². The zero-order chi connectivity index (χ0) is 21.1. The van der Waals surface area contributed by atoms with Gasteiger partial charge in [-0.05, 0) is 28.8 Å². The molecule has 0 spiro atoms. The Morgan fingerprint density at radius 3 is 2.80 bits per heavy atom. The number of carboxylic acids is 1. The van der Waals surface area contributed by atoms with Crippen molar-refractivity contribution < 1.29 is 14.3 Å². The van der Waals surface area contributed by atoms with Crippen molar-refractivity contribution in [2.24, 2.45) is 5.11 Å². The van der Waals surface area contributed by atoms with Gasteiger partial charge in [0.1, 0.15) is 17.3 Å². The Morgan fingerprint density at radius 1 is 1.20 bits per heavy atom. The molecule has 30 heavy (non-hydrogen) atoms. The van der Waals surface area contributed by atoms with Gasteiger partial charge in [-0.3, -0.25) is 4.79 Å². The Kier molecular flexibility index (Phi) is 5.02. The SMILES string of the molecule is [N-]=[N+]=Nc1nc(-c2nn(Cc3ccccc3F)c3ncccc23)ncc1CC(=O)O. The van der Waals surface area contributed by atoms with E-state index in [0.717, 1.165) is 0 Å². The molecule has 10 nitrogen and oxygen atoms in total. The van der Waals surface area contributed by atoms with Gasteiger partial charge < -0.3 is 5.11 Å². The van der Waals surface area contributed by atoms with E-state index in [-0.39, 0.29) is 29.6 Å². The zero-order valence-corrected chi connectivity index (χ0v) is 15.3. The largest absolute Gasteiger partial charge is 0.481 e. The smallest absolute Gasteiger partial charge is 0.307 e. The molecule has 3 heterocycles. The van der Waals surface area contributed by atoms with Gasteiger partial charge in [0.2, 0.25) is 0 Å². The lowest BCUT2D eigenvalue weighted by Gasteiger charge is -2.04. The van der Waals surface area contributed by atoms with Crippen molar-refractivity contribution in [3.05, 3.63) is 76.2 Å². The van der Waals surface area contributed by atoms with Crippen LogP contribution in [-0.2, 0) is 17.8 Å².